The minimum Gasteiger partial charge on any atom is -0.478 e. The number of aromatic carboxylic acids is 1. The summed E-state index contributed by atoms with van der Waals surface area (Å²) in [4.78, 5) is 13.0. The van der Waals surface area contributed by atoms with E-state index >= 15 is 0 Å². The predicted octanol–water partition coefficient (Wildman–Crippen LogP) is 1.61. The molecule has 1 saturated heterocycles. The molecule has 17 heavy (non-hydrogen) atoms. The topological polar surface area (TPSA) is 49.8 Å². The molecule has 1 N–H and O–H groups in total. The molecule has 92 valence electrons. The number of carboxylic acids is 1. The van der Waals surface area contributed by atoms with Crippen LogP contribution in [-0.2, 0) is 11.3 Å². The molecule has 4 nitrogen and oxygen atoms in total. The molecule has 0 aliphatic carbocycles. The second-order valence-corrected chi connectivity index (χ2v) is 4.42. The number of carbonyl (C=O) groups is 1. The van der Waals surface area contributed by atoms with Crippen molar-refractivity contribution < 1.29 is 14.6 Å². The zero-order chi connectivity index (χ0) is 12.3. The van der Waals surface area contributed by atoms with Crippen LogP contribution in [0.1, 0.15) is 22.8 Å². The minimum atomic E-state index is -0.878. The Morgan fingerprint density at radius 1 is 1.47 bits per heavy atom. The summed E-state index contributed by atoms with van der Waals surface area (Å²) in [5, 5.41) is 8.80. The number of ether oxygens (including phenoxy) is 1. The third-order valence-corrected chi connectivity index (χ3v) is 2.93. The van der Waals surface area contributed by atoms with Crippen molar-refractivity contribution in [1.29, 1.82) is 0 Å². The van der Waals surface area contributed by atoms with Gasteiger partial charge in [-0.15, -0.1) is 0 Å². The standard InChI is InChI=1S/C13H17NO3/c1-10-8-14(6-7-17-10)9-11-2-4-12(5-3-11)13(15)16/h2-5,10H,6-9H2,1H3,(H,15,16)/t10-/m0/s1. The van der Waals surface area contributed by atoms with Crippen LogP contribution in [-0.4, -0.2) is 41.8 Å². The highest BCUT2D eigenvalue weighted by Crippen LogP contribution is 2.11. The molecule has 1 aliphatic heterocycles. The average Bonchev–Trinajstić information content (AvgIpc) is 2.29. The molecule has 0 radical (unpaired) electrons. The monoisotopic (exact) mass is 235 g/mol. The highest BCUT2D eigenvalue weighted by molar-refractivity contribution is 5.87. The lowest BCUT2D eigenvalue weighted by Gasteiger charge is -2.31. The van der Waals surface area contributed by atoms with E-state index in [9.17, 15) is 4.79 Å². The molecule has 0 aromatic heterocycles. The van der Waals surface area contributed by atoms with Gasteiger partial charge in [-0.3, -0.25) is 4.90 Å². The summed E-state index contributed by atoms with van der Waals surface area (Å²) in [6.07, 6.45) is 0.280. The van der Waals surface area contributed by atoms with Crippen molar-refractivity contribution in [3.05, 3.63) is 35.4 Å². The second kappa shape index (κ2) is 5.29. The van der Waals surface area contributed by atoms with Gasteiger partial charge < -0.3 is 9.84 Å². The molecule has 1 aromatic rings. The molecule has 1 aromatic carbocycles. The second-order valence-electron chi connectivity index (χ2n) is 4.42. The van der Waals surface area contributed by atoms with Crippen molar-refractivity contribution in [3.63, 3.8) is 0 Å². The summed E-state index contributed by atoms with van der Waals surface area (Å²) >= 11 is 0. The van der Waals surface area contributed by atoms with Crippen molar-refractivity contribution in [1.82, 2.24) is 4.90 Å². The first-order valence-electron chi connectivity index (χ1n) is 5.81. The summed E-state index contributed by atoms with van der Waals surface area (Å²) in [7, 11) is 0. The maximum atomic E-state index is 10.7. The summed E-state index contributed by atoms with van der Waals surface area (Å²) in [6, 6.07) is 7.07. The molecular formula is C13H17NO3. The van der Waals surface area contributed by atoms with E-state index in [1.807, 2.05) is 12.1 Å². The highest BCUT2D eigenvalue weighted by Gasteiger charge is 2.16. The van der Waals surface area contributed by atoms with Crippen LogP contribution in [0.5, 0.6) is 0 Å². The Labute approximate surface area is 101 Å². The van der Waals surface area contributed by atoms with Crippen molar-refractivity contribution in [2.75, 3.05) is 19.7 Å². The largest absolute Gasteiger partial charge is 0.478 e. The van der Waals surface area contributed by atoms with Crippen LogP contribution in [0.3, 0.4) is 0 Å². The van der Waals surface area contributed by atoms with E-state index in [0.29, 0.717) is 5.56 Å². The maximum Gasteiger partial charge on any atom is 0.335 e. The van der Waals surface area contributed by atoms with E-state index in [2.05, 4.69) is 11.8 Å². The molecule has 4 heteroatoms. The van der Waals surface area contributed by atoms with Gasteiger partial charge in [-0.2, -0.15) is 0 Å². The Hall–Kier alpha value is -1.39. The van der Waals surface area contributed by atoms with E-state index in [1.54, 1.807) is 12.1 Å². The maximum absolute atomic E-state index is 10.7. The van der Waals surface area contributed by atoms with Gasteiger partial charge in [0.15, 0.2) is 0 Å². The van der Waals surface area contributed by atoms with E-state index in [0.717, 1.165) is 31.8 Å². The van der Waals surface area contributed by atoms with Crippen molar-refractivity contribution in [2.45, 2.75) is 19.6 Å². The molecule has 0 saturated carbocycles. The molecule has 0 bridgehead atoms. The smallest absolute Gasteiger partial charge is 0.335 e. The zero-order valence-corrected chi connectivity index (χ0v) is 9.93. The van der Waals surface area contributed by atoms with Gasteiger partial charge in [-0.05, 0) is 24.6 Å². The predicted molar refractivity (Wildman–Crippen MR) is 64.1 cm³/mol. The van der Waals surface area contributed by atoms with E-state index in [-0.39, 0.29) is 6.10 Å². The van der Waals surface area contributed by atoms with Crippen LogP contribution >= 0.6 is 0 Å². The SMILES string of the molecule is C[C@H]1CN(Cc2ccc(C(=O)O)cc2)CCO1. The lowest BCUT2D eigenvalue weighted by atomic mass is 10.1. The van der Waals surface area contributed by atoms with Crippen LogP contribution in [0.4, 0.5) is 0 Å². The zero-order valence-electron chi connectivity index (χ0n) is 9.93. The van der Waals surface area contributed by atoms with Gasteiger partial charge in [0.25, 0.3) is 0 Å². The Morgan fingerprint density at radius 3 is 2.76 bits per heavy atom. The van der Waals surface area contributed by atoms with Crippen LogP contribution in [0, 0.1) is 0 Å². The van der Waals surface area contributed by atoms with Gasteiger partial charge in [0, 0.05) is 19.6 Å². The molecule has 1 atom stereocenters. The fourth-order valence-electron chi connectivity index (χ4n) is 2.05. The summed E-state index contributed by atoms with van der Waals surface area (Å²) < 4.78 is 5.48. The minimum absolute atomic E-state index is 0.280. The Kier molecular flexibility index (Phi) is 3.76. The number of nitrogens with zero attached hydrogens (tertiary/aromatic N) is 1. The van der Waals surface area contributed by atoms with Gasteiger partial charge in [0.1, 0.15) is 0 Å². The van der Waals surface area contributed by atoms with Crippen LogP contribution < -0.4 is 0 Å². The molecule has 0 unspecified atom stereocenters. The Morgan fingerprint density at radius 2 is 2.18 bits per heavy atom. The summed E-state index contributed by atoms with van der Waals surface area (Å²) in [5.74, 6) is -0.878. The van der Waals surface area contributed by atoms with E-state index < -0.39 is 5.97 Å². The summed E-state index contributed by atoms with van der Waals surface area (Å²) in [5.41, 5.74) is 1.48. The van der Waals surface area contributed by atoms with Crippen LogP contribution in [0.15, 0.2) is 24.3 Å². The molecule has 0 spiro atoms. The third kappa shape index (κ3) is 3.28. The van der Waals surface area contributed by atoms with E-state index in [4.69, 9.17) is 9.84 Å². The summed E-state index contributed by atoms with van der Waals surface area (Å²) in [6.45, 7) is 5.56. The van der Waals surface area contributed by atoms with Crippen molar-refractivity contribution >= 4 is 5.97 Å². The van der Waals surface area contributed by atoms with Crippen LogP contribution in [0.2, 0.25) is 0 Å². The lowest BCUT2D eigenvalue weighted by molar-refractivity contribution is -0.0212. The number of rotatable bonds is 3. The van der Waals surface area contributed by atoms with Crippen molar-refractivity contribution in [3.8, 4) is 0 Å². The molecule has 1 aliphatic rings. The first-order chi connectivity index (χ1) is 8.15. The fourth-order valence-corrected chi connectivity index (χ4v) is 2.05. The quantitative estimate of drug-likeness (QED) is 0.864. The molecule has 0 amide bonds. The number of benzene rings is 1. The van der Waals surface area contributed by atoms with E-state index in [1.165, 1.54) is 0 Å². The Balaban J connectivity index is 1.96. The number of carboxylic acid groups (broad SMARTS) is 1. The number of hydrogen-bond donors (Lipinski definition) is 1. The molecule has 1 fully saturated rings. The van der Waals surface area contributed by atoms with Gasteiger partial charge in [-0.25, -0.2) is 4.79 Å². The highest BCUT2D eigenvalue weighted by atomic mass is 16.5. The molecule has 1 heterocycles. The number of hydrogen-bond acceptors (Lipinski definition) is 3. The van der Waals surface area contributed by atoms with Gasteiger partial charge in [-0.1, -0.05) is 12.1 Å². The lowest BCUT2D eigenvalue weighted by Crippen LogP contribution is -2.40. The number of morpholine rings is 1. The molecular weight excluding hydrogens is 218 g/mol. The van der Waals surface area contributed by atoms with Crippen molar-refractivity contribution in [2.24, 2.45) is 0 Å². The first kappa shape index (κ1) is 12.1. The van der Waals surface area contributed by atoms with Gasteiger partial charge in [0.05, 0.1) is 18.3 Å². The fraction of sp³-hybridized carbons (Fsp3) is 0.462. The van der Waals surface area contributed by atoms with Crippen LogP contribution in [0.25, 0.3) is 0 Å². The normalized spacial score (nSPS) is 21.4. The third-order valence-electron chi connectivity index (χ3n) is 2.93. The Bertz CT molecular complexity index is 388. The van der Waals surface area contributed by atoms with Gasteiger partial charge in [0.2, 0.25) is 0 Å². The average molecular weight is 235 g/mol. The molecule has 2 rings (SSSR count). The van der Waals surface area contributed by atoms with Gasteiger partial charge >= 0.3 is 5.97 Å². The first-order valence-corrected chi connectivity index (χ1v) is 5.81.